The van der Waals surface area contributed by atoms with Crippen LogP contribution in [0.3, 0.4) is 0 Å². The van der Waals surface area contributed by atoms with E-state index in [1.165, 1.54) is 0 Å². The van der Waals surface area contributed by atoms with Gasteiger partial charge in [0.1, 0.15) is 0 Å². The summed E-state index contributed by atoms with van der Waals surface area (Å²) in [6, 6.07) is 0.447. The maximum atomic E-state index is 5.19. The van der Waals surface area contributed by atoms with Crippen molar-refractivity contribution >= 4 is 0 Å². The number of hydrogen-bond donors (Lipinski definition) is 1. The Bertz CT molecular complexity index is 438. The first-order chi connectivity index (χ1) is 9.19. The second kappa shape index (κ2) is 6.66. The third-order valence-corrected chi connectivity index (χ3v) is 3.41. The summed E-state index contributed by atoms with van der Waals surface area (Å²) < 4.78 is 5.19. The number of terminal acetylenes is 1. The van der Waals surface area contributed by atoms with Gasteiger partial charge in [0.2, 0.25) is 5.89 Å². The lowest BCUT2D eigenvalue weighted by Gasteiger charge is -2.37. The van der Waals surface area contributed by atoms with Crippen molar-refractivity contribution in [3.8, 4) is 12.3 Å². The molecule has 0 spiro atoms. The van der Waals surface area contributed by atoms with E-state index in [0.29, 0.717) is 25.0 Å². The molecule has 1 aromatic rings. The van der Waals surface area contributed by atoms with Gasteiger partial charge in [0.25, 0.3) is 0 Å². The summed E-state index contributed by atoms with van der Waals surface area (Å²) in [4.78, 5) is 9.07. The zero-order valence-corrected chi connectivity index (χ0v) is 11.6. The van der Waals surface area contributed by atoms with E-state index in [4.69, 9.17) is 10.9 Å². The van der Waals surface area contributed by atoms with Crippen LogP contribution in [0, 0.1) is 12.3 Å². The monoisotopic (exact) mass is 263 g/mol. The second-order valence-electron chi connectivity index (χ2n) is 5.01. The number of nitrogens with one attached hydrogen (secondary N) is 1. The van der Waals surface area contributed by atoms with Gasteiger partial charge in [-0.05, 0) is 14.1 Å². The smallest absolute Gasteiger partial charge is 0.240 e. The topological polar surface area (TPSA) is 57.4 Å². The van der Waals surface area contributed by atoms with Crippen LogP contribution in [-0.2, 0) is 13.0 Å². The van der Waals surface area contributed by atoms with E-state index < -0.39 is 0 Å². The minimum atomic E-state index is 0.447. The van der Waals surface area contributed by atoms with E-state index in [-0.39, 0.29) is 0 Å². The molecule has 0 saturated carbocycles. The Balaban J connectivity index is 1.86. The largest absolute Gasteiger partial charge is 0.338 e. The summed E-state index contributed by atoms with van der Waals surface area (Å²) in [6.45, 7) is 4.26. The van der Waals surface area contributed by atoms with Crippen molar-refractivity contribution in [3.63, 3.8) is 0 Å². The van der Waals surface area contributed by atoms with E-state index in [0.717, 1.165) is 31.9 Å². The summed E-state index contributed by atoms with van der Waals surface area (Å²) in [5.41, 5.74) is 0. The molecule has 1 aliphatic heterocycles. The predicted molar refractivity (Wildman–Crippen MR) is 72.5 cm³/mol. The molecular weight excluding hydrogens is 242 g/mol. The fourth-order valence-electron chi connectivity index (χ4n) is 2.22. The minimum Gasteiger partial charge on any atom is -0.338 e. The number of piperazine rings is 1. The van der Waals surface area contributed by atoms with Crippen LogP contribution in [0.2, 0.25) is 0 Å². The molecule has 1 atom stereocenters. The molecule has 6 heteroatoms. The van der Waals surface area contributed by atoms with Crippen LogP contribution in [0.25, 0.3) is 0 Å². The molecule has 1 aromatic heterocycles. The van der Waals surface area contributed by atoms with Gasteiger partial charge in [0, 0.05) is 32.1 Å². The molecule has 2 heterocycles. The molecule has 0 bridgehead atoms. The van der Waals surface area contributed by atoms with Crippen LogP contribution in [0.15, 0.2) is 4.52 Å². The van der Waals surface area contributed by atoms with Crippen molar-refractivity contribution in [2.45, 2.75) is 19.0 Å². The third kappa shape index (κ3) is 4.03. The van der Waals surface area contributed by atoms with Gasteiger partial charge in [-0.1, -0.05) is 11.1 Å². The number of rotatable bonds is 5. The van der Waals surface area contributed by atoms with Gasteiger partial charge in [-0.25, -0.2) is 0 Å². The number of hydrogen-bond acceptors (Lipinski definition) is 6. The van der Waals surface area contributed by atoms with Crippen LogP contribution in [0.4, 0.5) is 0 Å². The molecule has 1 aliphatic rings. The third-order valence-electron chi connectivity index (χ3n) is 3.41. The van der Waals surface area contributed by atoms with Gasteiger partial charge in [0.05, 0.1) is 13.1 Å². The quantitative estimate of drug-likeness (QED) is 0.575. The fraction of sp³-hybridized carbons (Fsp3) is 0.692. The van der Waals surface area contributed by atoms with E-state index in [9.17, 15) is 0 Å². The minimum absolute atomic E-state index is 0.447. The van der Waals surface area contributed by atoms with E-state index in [1.807, 2.05) is 0 Å². The van der Waals surface area contributed by atoms with Crippen LogP contribution >= 0.6 is 0 Å². The zero-order valence-electron chi connectivity index (χ0n) is 11.6. The molecule has 1 saturated heterocycles. The molecule has 0 aromatic carbocycles. The lowest BCUT2D eigenvalue weighted by molar-refractivity contribution is 0.113. The summed E-state index contributed by atoms with van der Waals surface area (Å²) in [6.07, 6.45) is 5.98. The number of nitrogens with zero attached hydrogens (tertiary/aromatic N) is 4. The lowest BCUT2D eigenvalue weighted by atomic mass is 10.1. The van der Waals surface area contributed by atoms with Crippen LogP contribution in [0.1, 0.15) is 11.7 Å². The zero-order chi connectivity index (χ0) is 13.7. The average molecular weight is 263 g/mol. The maximum absolute atomic E-state index is 5.19. The Hall–Kier alpha value is -1.42. The molecule has 6 nitrogen and oxygen atoms in total. The highest BCUT2D eigenvalue weighted by Gasteiger charge is 2.24. The Morgan fingerprint density at radius 2 is 2.32 bits per heavy atom. The SMILES string of the molecule is C#CCNCc1nc(CC2CN(C)CCN2C)no1. The van der Waals surface area contributed by atoms with Crippen molar-refractivity contribution in [1.29, 1.82) is 0 Å². The van der Waals surface area contributed by atoms with Gasteiger partial charge in [-0.2, -0.15) is 4.98 Å². The maximum Gasteiger partial charge on any atom is 0.240 e. The van der Waals surface area contributed by atoms with Gasteiger partial charge in [-0.15, -0.1) is 6.42 Å². The van der Waals surface area contributed by atoms with E-state index >= 15 is 0 Å². The van der Waals surface area contributed by atoms with Crippen molar-refractivity contribution in [2.24, 2.45) is 0 Å². The molecule has 0 radical (unpaired) electrons. The van der Waals surface area contributed by atoms with Crippen LogP contribution in [-0.4, -0.2) is 66.3 Å². The normalized spacial score (nSPS) is 21.4. The van der Waals surface area contributed by atoms with E-state index in [1.54, 1.807) is 0 Å². The lowest BCUT2D eigenvalue weighted by Crippen LogP contribution is -2.50. The highest BCUT2D eigenvalue weighted by atomic mass is 16.5. The van der Waals surface area contributed by atoms with Crippen LogP contribution in [0.5, 0.6) is 0 Å². The van der Waals surface area contributed by atoms with Gasteiger partial charge >= 0.3 is 0 Å². The first kappa shape index (κ1) is 14.0. The summed E-state index contributed by atoms with van der Waals surface area (Å²) >= 11 is 0. The predicted octanol–water partition coefficient (Wildman–Crippen LogP) is -0.419. The van der Waals surface area contributed by atoms with Crippen molar-refractivity contribution in [3.05, 3.63) is 11.7 Å². The highest BCUT2D eigenvalue weighted by Crippen LogP contribution is 2.10. The molecule has 0 amide bonds. The standard InChI is InChI=1S/C13H21N5O/c1-4-5-14-9-13-15-12(16-19-13)8-11-10-17(2)6-7-18(11)3/h1,11,14H,5-10H2,2-3H3. The number of likely N-dealkylation sites (N-methyl/N-ethyl adjacent to an activating group) is 2. The molecule has 1 fully saturated rings. The van der Waals surface area contributed by atoms with Crippen molar-refractivity contribution in [1.82, 2.24) is 25.3 Å². The average Bonchev–Trinajstić information content (AvgIpc) is 2.82. The van der Waals surface area contributed by atoms with Crippen LogP contribution < -0.4 is 5.32 Å². The highest BCUT2D eigenvalue weighted by molar-refractivity contribution is 4.94. The summed E-state index contributed by atoms with van der Waals surface area (Å²) in [7, 11) is 4.29. The van der Waals surface area contributed by atoms with Gasteiger partial charge in [-0.3, -0.25) is 5.32 Å². The molecule has 1 unspecified atom stereocenters. The first-order valence-electron chi connectivity index (χ1n) is 6.53. The molecule has 1 N–H and O–H groups in total. The summed E-state index contributed by atoms with van der Waals surface area (Å²) in [5.74, 6) is 3.87. The van der Waals surface area contributed by atoms with Gasteiger partial charge in [0.15, 0.2) is 5.82 Å². The Morgan fingerprint density at radius 3 is 3.11 bits per heavy atom. The Morgan fingerprint density at radius 1 is 1.47 bits per heavy atom. The van der Waals surface area contributed by atoms with Crippen molar-refractivity contribution in [2.75, 3.05) is 40.3 Å². The number of aromatic nitrogens is 2. The fourth-order valence-corrected chi connectivity index (χ4v) is 2.22. The molecule has 2 rings (SSSR count). The van der Waals surface area contributed by atoms with Crippen molar-refractivity contribution < 1.29 is 4.52 Å². The summed E-state index contributed by atoms with van der Waals surface area (Å²) in [5, 5.41) is 7.06. The molecule has 0 aliphatic carbocycles. The molecule has 19 heavy (non-hydrogen) atoms. The Labute approximate surface area is 114 Å². The first-order valence-corrected chi connectivity index (χ1v) is 6.53. The molecular formula is C13H21N5O. The molecule has 104 valence electrons. The van der Waals surface area contributed by atoms with Gasteiger partial charge < -0.3 is 14.3 Å². The Kier molecular flexibility index (Phi) is 4.91. The second-order valence-corrected chi connectivity index (χ2v) is 5.01. The van der Waals surface area contributed by atoms with E-state index in [2.05, 4.69) is 45.3 Å².